The second-order valence-electron chi connectivity index (χ2n) is 0. The summed E-state index contributed by atoms with van der Waals surface area (Å²) in [4.78, 5) is 0. The summed E-state index contributed by atoms with van der Waals surface area (Å²) >= 11 is 0. The number of hydrogen-bond acceptors (Lipinski definition) is 30. The van der Waals surface area contributed by atoms with Crippen LogP contribution in [0.2, 0.25) is 0 Å². The van der Waals surface area contributed by atoms with Gasteiger partial charge in [0.25, 0.3) is 0 Å². The maximum absolute atomic E-state index is 0. The summed E-state index contributed by atoms with van der Waals surface area (Å²) in [5.41, 5.74) is 0. The summed E-state index contributed by atoms with van der Waals surface area (Å²) in [6, 6.07) is 0. The van der Waals surface area contributed by atoms with Crippen molar-refractivity contribution in [3.05, 3.63) is 0 Å². The Kier molecular flexibility index (Phi) is 6960. The maximum Gasteiger partial charge on any atom is 1.00 e. The van der Waals surface area contributed by atoms with E-state index in [1.807, 2.05) is 0 Å². The zero-order valence-electron chi connectivity index (χ0n) is 48.4. The molecule has 0 saturated heterocycles. The third kappa shape index (κ3) is 671. The molecule has 0 heterocycles. The third-order valence-corrected chi connectivity index (χ3v) is 0. The van der Waals surface area contributed by atoms with Gasteiger partial charge in [0.05, 0.1) is 0 Å². The first-order chi connectivity index (χ1) is 0. The van der Waals surface area contributed by atoms with E-state index in [0.717, 1.165) is 0 Å². The minimum absolute atomic E-state index is 0. The standard InChI is InChI=1S/30K.40H2O/h;;;;;;;;;;;;;;;;;;;;;;;;;;;;;;40*1H2/q30*+1;;;;;;;;;;;;;;;;;;;;;;;;;;;;;;;;;;;;;;;;/p-30. The van der Waals surface area contributed by atoms with Crippen LogP contribution in [-0.4, -0.2) is 219 Å². The molecule has 320 valence electrons. The van der Waals surface area contributed by atoms with Crippen LogP contribution < -0.4 is 1540 Å². The molecule has 0 aromatic rings. The van der Waals surface area contributed by atoms with Gasteiger partial charge in [0.2, 0.25) is 0 Å². The maximum atomic E-state index is 0. The molecule has 0 amide bonds. The van der Waals surface area contributed by atoms with Gasteiger partial charge in [0, 0.05) is 0 Å². The summed E-state index contributed by atoms with van der Waals surface area (Å²) in [5, 5.41) is 0. The van der Waals surface area contributed by atoms with Crippen molar-refractivity contribution in [3.8, 4) is 0 Å². The van der Waals surface area contributed by atoms with Gasteiger partial charge in [-0.2, -0.15) is 0 Å². The minimum Gasteiger partial charge on any atom is -0.870 e. The molecule has 0 bridgehead atoms. The largest absolute Gasteiger partial charge is 1.00 e. The quantitative estimate of drug-likeness (QED) is 0.203. The van der Waals surface area contributed by atoms with E-state index in [1.54, 1.807) is 0 Å². The summed E-state index contributed by atoms with van der Waals surface area (Å²) in [5.74, 6) is 0. The molecule has 0 aliphatic carbocycles. The first kappa shape index (κ1) is 707. The third-order valence-electron chi connectivity index (χ3n) is 0. The summed E-state index contributed by atoms with van der Waals surface area (Å²) < 4.78 is 0. The average Bonchev–Trinajstić information content (AvgIpc) is 0. The van der Waals surface area contributed by atoms with E-state index in [9.17, 15) is 0 Å². The molecule has 0 spiro atoms. The molecular formula is H50K30O40. The van der Waals surface area contributed by atoms with Crippen molar-refractivity contribution < 1.29 is 1760 Å². The molecule has 0 aliphatic heterocycles. The van der Waals surface area contributed by atoms with Crippen molar-refractivity contribution in [1.82, 2.24) is 0 Å². The van der Waals surface area contributed by atoms with Crippen LogP contribution in [0.3, 0.4) is 0 Å². The van der Waals surface area contributed by atoms with Gasteiger partial charge in [-0.1, -0.05) is 0 Å². The molecule has 0 aromatic heterocycles. The minimum atomic E-state index is 0. The monoisotopic (exact) mass is 1860 g/mol. The normalized spacial score (nSPS) is 0. The van der Waals surface area contributed by atoms with Gasteiger partial charge >= 0.3 is 1540 Å². The molecule has 0 unspecified atom stereocenters. The van der Waals surface area contributed by atoms with Crippen LogP contribution in [0.15, 0.2) is 0 Å². The number of rotatable bonds is 0. The van der Waals surface area contributed by atoms with E-state index in [1.165, 1.54) is 0 Å². The fourth-order valence-corrected chi connectivity index (χ4v) is 0. The van der Waals surface area contributed by atoms with Crippen LogP contribution in [0, 0.1) is 0 Å². The Bertz CT molecular complexity index is 69.0. The molecule has 0 saturated carbocycles. The van der Waals surface area contributed by atoms with Crippen LogP contribution in [0.1, 0.15) is 0 Å². The van der Waals surface area contributed by atoms with Gasteiger partial charge in [-0.25, -0.2) is 0 Å². The predicted molar refractivity (Wildman–Crippen MR) is 94.2 cm³/mol. The van der Waals surface area contributed by atoms with E-state index in [2.05, 4.69) is 0 Å². The second kappa shape index (κ2) is 689. The Morgan fingerprint density at radius 1 is 0.0429 bits per heavy atom. The number of hydrogen-bond donors (Lipinski definition) is 0. The average molecular weight is 1860 g/mol. The van der Waals surface area contributed by atoms with Crippen LogP contribution in [0.25, 0.3) is 0 Å². The van der Waals surface area contributed by atoms with Gasteiger partial charge in [-0.15, -0.1) is 0 Å². The molecule has 0 fully saturated rings. The molecule has 0 atom stereocenters. The van der Waals surface area contributed by atoms with Crippen LogP contribution in [-0.2, 0) is 0 Å². The van der Waals surface area contributed by atoms with Gasteiger partial charge in [0.1, 0.15) is 0 Å². The molecule has 0 radical (unpaired) electrons. The second-order valence-corrected chi connectivity index (χ2v) is 0. The van der Waals surface area contributed by atoms with E-state index in [4.69, 9.17) is 0 Å². The fourth-order valence-electron chi connectivity index (χ4n) is 0. The van der Waals surface area contributed by atoms with Crippen LogP contribution in [0.5, 0.6) is 0 Å². The SMILES string of the molecule is O.O.O.O.O.O.O.O.O.O.[K+].[K+].[K+].[K+].[K+].[K+].[K+].[K+].[K+].[K+].[K+].[K+].[K+].[K+].[K+].[K+].[K+].[K+].[K+].[K+].[K+].[K+].[K+].[K+].[K+].[K+].[K+].[K+].[K+].[K+].[OH-].[OH-].[OH-].[OH-].[OH-].[OH-].[OH-].[OH-].[OH-].[OH-].[OH-].[OH-].[OH-].[OH-].[OH-].[OH-].[OH-].[OH-].[OH-].[OH-].[OH-].[OH-].[OH-].[OH-].[OH-].[OH-].[OH-].[OH-].[OH-].[OH-]. The Labute approximate surface area is 1690 Å². The van der Waals surface area contributed by atoms with Crippen molar-refractivity contribution in [2.24, 2.45) is 0 Å². The fraction of sp³-hybridized carbons (Fsp3) is 0. The van der Waals surface area contributed by atoms with Crippen LogP contribution in [0.4, 0.5) is 0 Å². The Morgan fingerprint density at radius 3 is 0.0429 bits per heavy atom. The van der Waals surface area contributed by atoms with E-state index >= 15 is 0 Å². The van der Waals surface area contributed by atoms with Crippen LogP contribution >= 0.6 is 0 Å². The van der Waals surface area contributed by atoms with Crippen molar-refractivity contribution in [2.75, 3.05) is 0 Å². The topological polar surface area (TPSA) is 1220 Å². The molecular weight excluding hydrogens is 1810 g/mol. The van der Waals surface area contributed by atoms with E-state index in [0.29, 0.717) is 0 Å². The molecule has 40 nitrogen and oxygen atoms in total. The predicted octanol–water partition coefficient (Wildman–Crippen LogP) is -103. The Balaban J connectivity index is 0. The van der Waals surface area contributed by atoms with Gasteiger partial charge < -0.3 is 219 Å². The van der Waals surface area contributed by atoms with E-state index < -0.39 is 0 Å². The molecule has 0 rings (SSSR count). The Hall–Kier alpha value is 47.5. The van der Waals surface area contributed by atoms with Crippen molar-refractivity contribution in [1.29, 1.82) is 0 Å². The zero-order valence-corrected chi connectivity index (χ0v) is 142. The van der Waals surface area contributed by atoms with Crippen molar-refractivity contribution >= 4 is 0 Å². The smallest absolute Gasteiger partial charge is 0.870 e. The summed E-state index contributed by atoms with van der Waals surface area (Å²) in [6.45, 7) is 0. The van der Waals surface area contributed by atoms with Gasteiger partial charge in [-0.05, 0) is 0 Å². The van der Waals surface area contributed by atoms with Gasteiger partial charge in [0.15, 0.2) is 0 Å². The summed E-state index contributed by atoms with van der Waals surface area (Å²) in [7, 11) is 0. The Morgan fingerprint density at radius 2 is 0.0429 bits per heavy atom. The first-order valence-corrected chi connectivity index (χ1v) is 0. The molecule has 0 aromatic carbocycles. The molecule has 70 heavy (non-hydrogen) atoms. The first-order valence-electron chi connectivity index (χ1n) is 0. The zero-order chi connectivity index (χ0) is 0. The molecule has 0 aliphatic rings. The molecule has 50 N–H and O–H groups in total. The van der Waals surface area contributed by atoms with Crippen molar-refractivity contribution in [3.63, 3.8) is 0 Å². The summed E-state index contributed by atoms with van der Waals surface area (Å²) in [6.07, 6.45) is 0. The van der Waals surface area contributed by atoms with Crippen molar-refractivity contribution in [2.45, 2.75) is 0 Å². The van der Waals surface area contributed by atoms with E-state index in [-0.39, 0.29) is 1760 Å². The molecule has 70 heteroatoms. The van der Waals surface area contributed by atoms with Gasteiger partial charge in [-0.3, -0.25) is 0 Å².